The van der Waals surface area contributed by atoms with E-state index in [-0.39, 0.29) is 26.1 Å². The third-order valence-electron chi connectivity index (χ3n) is 8.71. The van der Waals surface area contributed by atoms with Crippen molar-refractivity contribution in [3.8, 4) is 0 Å². The van der Waals surface area contributed by atoms with E-state index in [9.17, 15) is 19.0 Å². The Balaban J connectivity index is 4.48. The molecule has 1 unspecified atom stereocenters. The lowest BCUT2D eigenvalue weighted by Crippen LogP contribution is -2.37. The predicted molar refractivity (Wildman–Crippen MR) is 231 cm³/mol. The van der Waals surface area contributed by atoms with Gasteiger partial charge in [0.05, 0.1) is 27.7 Å². The summed E-state index contributed by atoms with van der Waals surface area (Å²) < 4.78 is 33.8. The average molecular weight is 806 g/mol. The number of carbonyl (C=O) groups excluding carboxylic acids is 2. The lowest BCUT2D eigenvalue weighted by molar-refractivity contribution is -0.870. The molecule has 2 atom stereocenters. The molecule has 0 N–H and O–H groups in total. The van der Waals surface area contributed by atoms with Gasteiger partial charge in [0.25, 0.3) is 7.82 Å². The highest BCUT2D eigenvalue weighted by Crippen LogP contribution is 2.38. The first-order valence-electron chi connectivity index (χ1n) is 21.7. The van der Waals surface area contributed by atoms with Crippen LogP contribution in [0.15, 0.2) is 72.9 Å². The molecule has 0 saturated carbocycles. The van der Waals surface area contributed by atoms with E-state index in [1.165, 1.54) is 32.1 Å². The Morgan fingerprint density at radius 1 is 0.571 bits per heavy atom. The second-order valence-corrected chi connectivity index (χ2v) is 16.8. The maximum atomic E-state index is 12.7. The van der Waals surface area contributed by atoms with Gasteiger partial charge in [0.15, 0.2) is 6.10 Å². The third kappa shape index (κ3) is 41.1. The number of allylic oxidation sites excluding steroid dienone is 12. The van der Waals surface area contributed by atoms with Crippen LogP contribution in [0.1, 0.15) is 155 Å². The van der Waals surface area contributed by atoms with Gasteiger partial charge >= 0.3 is 11.9 Å². The number of nitrogens with zero attached hydrogens (tertiary/aromatic N) is 1. The van der Waals surface area contributed by atoms with Crippen LogP contribution in [0.2, 0.25) is 0 Å². The van der Waals surface area contributed by atoms with Crippen molar-refractivity contribution in [2.45, 2.75) is 161 Å². The zero-order valence-corrected chi connectivity index (χ0v) is 36.9. The number of hydrogen-bond acceptors (Lipinski definition) is 8. The van der Waals surface area contributed by atoms with Crippen molar-refractivity contribution in [1.29, 1.82) is 0 Å². The molecular weight excluding hydrogens is 725 g/mol. The number of quaternary nitrogens is 1. The van der Waals surface area contributed by atoms with Crippen LogP contribution in [0.5, 0.6) is 0 Å². The minimum absolute atomic E-state index is 0.0431. The van der Waals surface area contributed by atoms with Gasteiger partial charge in [0, 0.05) is 12.8 Å². The molecule has 0 radical (unpaired) electrons. The lowest BCUT2D eigenvalue weighted by atomic mass is 10.1. The van der Waals surface area contributed by atoms with Crippen LogP contribution >= 0.6 is 7.82 Å². The summed E-state index contributed by atoms with van der Waals surface area (Å²) in [6.45, 7) is 4.06. The number of rotatable bonds is 38. The molecule has 0 aromatic heterocycles. The number of hydrogen-bond donors (Lipinski definition) is 0. The average Bonchev–Trinajstić information content (AvgIpc) is 3.15. The van der Waals surface area contributed by atoms with E-state index >= 15 is 0 Å². The molecule has 0 aromatic carbocycles. The van der Waals surface area contributed by atoms with Gasteiger partial charge in [-0.1, -0.05) is 138 Å². The number of carbonyl (C=O) groups is 2. The van der Waals surface area contributed by atoms with E-state index in [0.717, 1.165) is 83.5 Å². The first-order chi connectivity index (χ1) is 27.0. The summed E-state index contributed by atoms with van der Waals surface area (Å²) in [6, 6.07) is 0. The molecule has 56 heavy (non-hydrogen) atoms. The van der Waals surface area contributed by atoms with E-state index in [4.69, 9.17) is 18.5 Å². The maximum Gasteiger partial charge on any atom is 0.306 e. The monoisotopic (exact) mass is 806 g/mol. The van der Waals surface area contributed by atoms with Gasteiger partial charge < -0.3 is 27.9 Å². The smallest absolute Gasteiger partial charge is 0.306 e. The van der Waals surface area contributed by atoms with Gasteiger partial charge in [0.2, 0.25) is 0 Å². The van der Waals surface area contributed by atoms with E-state index < -0.39 is 32.5 Å². The molecule has 0 aromatic rings. The summed E-state index contributed by atoms with van der Waals surface area (Å²) in [5.41, 5.74) is 0. The number of ether oxygens (including phenoxy) is 2. The van der Waals surface area contributed by atoms with Crippen LogP contribution in [0.25, 0.3) is 0 Å². The zero-order chi connectivity index (χ0) is 41.4. The number of unbranched alkanes of at least 4 members (excludes halogenated alkanes) is 13. The van der Waals surface area contributed by atoms with Gasteiger partial charge in [-0.25, -0.2) is 0 Å². The SMILES string of the molecule is CCC/C=C/C/C=C/C/C=C/C/C=C/CCCCCC(=O)OC[C@H](COP(=O)([O-])OCC[N+](C)(C)C)OC(=O)CCCCCCC/C=C/C=C/CCCCCC. The Labute approximate surface area is 342 Å². The second-order valence-electron chi connectivity index (χ2n) is 15.4. The first-order valence-corrected chi connectivity index (χ1v) is 23.1. The Morgan fingerprint density at radius 3 is 1.62 bits per heavy atom. The molecule has 322 valence electrons. The molecule has 0 fully saturated rings. The zero-order valence-electron chi connectivity index (χ0n) is 36.1. The number of phosphoric acid groups is 1. The van der Waals surface area contributed by atoms with Crippen LogP contribution in [0.3, 0.4) is 0 Å². The van der Waals surface area contributed by atoms with Crippen molar-refractivity contribution in [3.05, 3.63) is 72.9 Å². The van der Waals surface area contributed by atoms with Crippen LogP contribution < -0.4 is 4.89 Å². The number of phosphoric ester groups is 1. The third-order valence-corrected chi connectivity index (χ3v) is 9.67. The molecule has 0 bridgehead atoms. The lowest BCUT2D eigenvalue weighted by Gasteiger charge is -2.28. The maximum absolute atomic E-state index is 12.7. The molecule has 0 saturated heterocycles. The van der Waals surface area contributed by atoms with Gasteiger partial charge in [0.1, 0.15) is 19.8 Å². The molecule has 9 nitrogen and oxygen atoms in total. The predicted octanol–water partition coefficient (Wildman–Crippen LogP) is 11.6. The summed E-state index contributed by atoms with van der Waals surface area (Å²) in [4.78, 5) is 37.5. The molecule has 0 aliphatic carbocycles. The van der Waals surface area contributed by atoms with E-state index in [2.05, 4.69) is 86.8 Å². The molecular formula is C46H80NO8P. The highest BCUT2D eigenvalue weighted by atomic mass is 31.2. The summed E-state index contributed by atoms with van der Waals surface area (Å²) >= 11 is 0. The fourth-order valence-electron chi connectivity index (χ4n) is 5.28. The molecule has 0 rings (SSSR count). The van der Waals surface area contributed by atoms with Gasteiger partial charge in [-0.15, -0.1) is 0 Å². The minimum Gasteiger partial charge on any atom is -0.756 e. The van der Waals surface area contributed by atoms with Crippen LogP contribution in [-0.2, 0) is 32.7 Å². The summed E-state index contributed by atoms with van der Waals surface area (Å²) in [7, 11) is 1.12. The summed E-state index contributed by atoms with van der Waals surface area (Å²) in [6.07, 6.45) is 46.4. The fraction of sp³-hybridized carbons (Fsp3) is 0.696. The van der Waals surface area contributed by atoms with Gasteiger partial charge in [-0.05, 0) is 77.0 Å². The van der Waals surface area contributed by atoms with Crippen molar-refractivity contribution in [2.24, 2.45) is 0 Å². The van der Waals surface area contributed by atoms with Crippen molar-refractivity contribution < 1.29 is 42.1 Å². The van der Waals surface area contributed by atoms with Gasteiger partial charge in [-0.3, -0.25) is 14.2 Å². The van der Waals surface area contributed by atoms with Crippen molar-refractivity contribution >= 4 is 19.8 Å². The Morgan fingerprint density at radius 2 is 1.05 bits per heavy atom. The molecule has 0 amide bonds. The fourth-order valence-corrected chi connectivity index (χ4v) is 6.01. The van der Waals surface area contributed by atoms with Crippen molar-refractivity contribution in [3.63, 3.8) is 0 Å². The highest BCUT2D eigenvalue weighted by molar-refractivity contribution is 7.45. The van der Waals surface area contributed by atoms with Crippen LogP contribution in [0.4, 0.5) is 0 Å². The minimum atomic E-state index is -4.64. The normalized spacial score (nSPS) is 14.3. The standard InChI is InChI=1S/C46H80NO8P/c1-6-8-10-12-14-16-18-20-22-23-25-26-28-30-32-34-36-38-45(48)52-42-44(43-54-56(50,51)53-41-40-47(3,4)5)55-46(49)39-37-35-33-31-29-27-24-21-19-17-15-13-11-9-7-2/h10,12,16-19,21-24,26,28,44H,6-9,11,13-15,20,25,27,29-43H2,1-5H3/b12-10+,18-16+,19-17+,23-22+,24-21+,28-26+/t44-/m1/s1. The molecule has 10 heteroatoms. The van der Waals surface area contributed by atoms with Gasteiger partial charge in [-0.2, -0.15) is 0 Å². The van der Waals surface area contributed by atoms with E-state index in [1.807, 2.05) is 21.1 Å². The Bertz CT molecular complexity index is 1180. The molecule has 0 aliphatic heterocycles. The van der Waals surface area contributed by atoms with E-state index in [1.54, 1.807) is 0 Å². The summed E-state index contributed by atoms with van der Waals surface area (Å²) in [5, 5.41) is 0. The molecule has 0 spiro atoms. The highest BCUT2D eigenvalue weighted by Gasteiger charge is 2.21. The second kappa shape index (κ2) is 38.0. The first kappa shape index (κ1) is 53.5. The van der Waals surface area contributed by atoms with Crippen LogP contribution in [0, 0.1) is 0 Å². The largest absolute Gasteiger partial charge is 0.756 e. The molecule has 0 aliphatic rings. The van der Waals surface area contributed by atoms with E-state index in [0.29, 0.717) is 23.9 Å². The van der Waals surface area contributed by atoms with Crippen molar-refractivity contribution in [2.75, 3.05) is 47.5 Å². The number of likely N-dealkylation sites (N-methyl/N-ethyl adjacent to an activating group) is 1. The quantitative estimate of drug-likeness (QED) is 0.0151. The summed E-state index contributed by atoms with van der Waals surface area (Å²) in [5.74, 6) is -0.896. The Hall–Kier alpha value is -2.55. The number of esters is 2. The van der Waals surface area contributed by atoms with Crippen molar-refractivity contribution in [1.82, 2.24) is 0 Å². The van der Waals surface area contributed by atoms with Crippen LogP contribution in [-0.4, -0.2) is 70.0 Å². The topological polar surface area (TPSA) is 111 Å². The molecule has 0 heterocycles. The Kier molecular flexibility index (Phi) is 36.3.